The minimum Gasteiger partial charge on any atom is -0.481 e. The molecular formula is C15H17N3O2S. The fraction of sp³-hybridized carbons (Fsp3) is 0.400. The number of carboxylic acid groups (broad SMARTS) is 1. The van der Waals surface area contributed by atoms with Crippen molar-refractivity contribution < 1.29 is 9.90 Å². The van der Waals surface area contributed by atoms with Crippen molar-refractivity contribution in [2.24, 2.45) is 0 Å². The SMILES string of the molecule is Cc1ccc(-c2nnc(SCC(=O)O)n2C2CC2)cc1C. The third kappa shape index (κ3) is 2.95. The largest absolute Gasteiger partial charge is 0.481 e. The van der Waals surface area contributed by atoms with Crippen LogP contribution in [0.1, 0.15) is 30.0 Å². The van der Waals surface area contributed by atoms with E-state index in [0.717, 1.165) is 24.2 Å². The fourth-order valence-electron chi connectivity index (χ4n) is 2.24. The van der Waals surface area contributed by atoms with Gasteiger partial charge in [0.2, 0.25) is 0 Å². The average Bonchev–Trinajstić information content (AvgIpc) is 3.19. The van der Waals surface area contributed by atoms with E-state index in [1.165, 1.54) is 22.9 Å². The fourth-order valence-corrected chi connectivity index (χ4v) is 2.97. The Kier molecular flexibility index (Phi) is 3.71. The summed E-state index contributed by atoms with van der Waals surface area (Å²) in [5.74, 6) is 0.0178. The van der Waals surface area contributed by atoms with Gasteiger partial charge in [-0.15, -0.1) is 10.2 Å². The lowest BCUT2D eigenvalue weighted by Crippen LogP contribution is -2.03. The van der Waals surface area contributed by atoms with Gasteiger partial charge in [0.05, 0.1) is 5.75 Å². The molecule has 3 rings (SSSR count). The highest BCUT2D eigenvalue weighted by atomic mass is 32.2. The molecule has 1 aliphatic rings. The van der Waals surface area contributed by atoms with E-state index in [1.807, 2.05) is 0 Å². The minimum absolute atomic E-state index is 0.0117. The number of carbonyl (C=O) groups is 1. The Morgan fingerprint density at radius 1 is 1.33 bits per heavy atom. The number of carboxylic acids is 1. The lowest BCUT2D eigenvalue weighted by Gasteiger charge is -2.09. The summed E-state index contributed by atoms with van der Waals surface area (Å²) in [4.78, 5) is 10.8. The van der Waals surface area contributed by atoms with Crippen molar-refractivity contribution in [3.8, 4) is 11.4 Å². The lowest BCUT2D eigenvalue weighted by atomic mass is 10.1. The zero-order valence-electron chi connectivity index (χ0n) is 12.0. The molecule has 1 aromatic heterocycles. The van der Waals surface area contributed by atoms with E-state index in [-0.39, 0.29) is 5.75 Å². The van der Waals surface area contributed by atoms with E-state index in [2.05, 4.69) is 46.8 Å². The Morgan fingerprint density at radius 2 is 2.10 bits per heavy atom. The summed E-state index contributed by atoms with van der Waals surface area (Å²) < 4.78 is 2.09. The minimum atomic E-state index is -0.835. The van der Waals surface area contributed by atoms with Crippen LogP contribution in [0, 0.1) is 13.8 Å². The molecule has 21 heavy (non-hydrogen) atoms. The predicted molar refractivity (Wildman–Crippen MR) is 81.6 cm³/mol. The van der Waals surface area contributed by atoms with Crippen molar-refractivity contribution in [3.05, 3.63) is 29.3 Å². The highest BCUT2D eigenvalue weighted by Crippen LogP contribution is 2.41. The number of hydrogen-bond acceptors (Lipinski definition) is 4. The molecule has 0 bridgehead atoms. The number of thioether (sulfide) groups is 1. The maximum Gasteiger partial charge on any atom is 0.313 e. The molecule has 0 unspecified atom stereocenters. The number of nitrogens with zero attached hydrogens (tertiary/aromatic N) is 3. The Morgan fingerprint density at radius 3 is 2.71 bits per heavy atom. The van der Waals surface area contributed by atoms with Gasteiger partial charge in [0, 0.05) is 11.6 Å². The summed E-state index contributed by atoms with van der Waals surface area (Å²) in [5.41, 5.74) is 3.51. The molecule has 0 amide bonds. The number of aryl methyl sites for hydroxylation is 2. The van der Waals surface area contributed by atoms with Crippen molar-refractivity contribution in [2.45, 2.75) is 37.9 Å². The second kappa shape index (κ2) is 5.52. The van der Waals surface area contributed by atoms with Crippen LogP contribution in [0.4, 0.5) is 0 Å². The Labute approximate surface area is 127 Å². The summed E-state index contributed by atoms with van der Waals surface area (Å²) in [6.45, 7) is 4.16. The second-order valence-electron chi connectivity index (χ2n) is 5.39. The quantitative estimate of drug-likeness (QED) is 0.860. The van der Waals surface area contributed by atoms with Crippen LogP contribution in [0.25, 0.3) is 11.4 Å². The topological polar surface area (TPSA) is 68.0 Å². The number of rotatable bonds is 5. The van der Waals surface area contributed by atoms with Crippen molar-refractivity contribution in [3.63, 3.8) is 0 Å². The van der Waals surface area contributed by atoms with E-state index in [0.29, 0.717) is 11.2 Å². The highest BCUT2D eigenvalue weighted by molar-refractivity contribution is 7.99. The zero-order valence-corrected chi connectivity index (χ0v) is 12.9. The van der Waals surface area contributed by atoms with Gasteiger partial charge in [0.1, 0.15) is 0 Å². The van der Waals surface area contributed by atoms with Crippen LogP contribution >= 0.6 is 11.8 Å². The molecule has 5 nitrogen and oxygen atoms in total. The maximum absolute atomic E-state index is 10.8. The third-order valence-electron chi connectivity index (χ3n) is 3.67. The molecule has 1 aliphatic carbocycles. The Hall–Kier alpha value is -1.82. The van der Waals surface area contributed by atoms with Gasteiger partial charge in [0.25, 0.3) is 0 Å². The highest BCUT2D eigenvalue weighted by Gasteiger charge is 2.30. The first-order valence-electron chi connectivity index (χ1n) is 6.93. The van der Waals surface area contributed by atoms with Gasteiger partial charge in [-0.2, -0.15) is 0 Å². The van der Waals surface area contributed by atoms with Crippen molar-refractivity contribution >= 4 is 17.7 Å². The van der Waals surface area contributed by atoms with E-state index in [1.54, 1.807) is 0 Å². The first-order valence-corrected chi connectivity index (χ1v) is 7.92. The number of aromatic nitrogens is 3. The third-order valence-corrected chi connectivity index (χ3v) is 4.59. The summed E-state index contributed by atoms with van der Waals surface area (Å²) >= 11 is 1.24. The van der Waals surface area contributed by atoms with Crippen LogP contribution in [-0.4, -0.2) is 31.6 Å². The molecule has 6 heteroatoms. The first kappa shape index (κ1) is 14.1. The van der Waals surface area contributed by atoms with Gasteiger partial charge in [-0.1, -0.05) is 23.9 Å². The molecule has 0 radical (unpaired) electrons. The van der Waals surface area contributed by atoms with Gasteiger partial charge in [-0.25, -0.2) is 0 Å². The van der Waals surface area contributed by atoms with Crippen LogP contribution in [-0.2, 0) is 4.79 Å². The lowest BCUT2D eigenvalue weighted by molar-refractivity contribution is -0.133. The number of hydrogen-bond donors (Lipinski definition) is 1. The molecular weight excluding hydrogens is 286 g/mol. The Bertz CT molecular complexity index is 692. The molecule has 0 aliphatic heterocycles. The average molecular weight is 303 g/mol. The van der Waals surface area contributed by atoms with Crippen molar-refractivity contribution in [1.29, 1.82) is 0 Å². The predicted octanol–water partition coefficient (Wildman–Crippen LogP) is 3.07. The maximum atomic E-state index is 10.8. The molecule has 110 valence electrons. The molecule has 1 aromatic carbocycles. The molecule has 0 saturated heterocycles. The van der Waals surface area contributed by atoms with Gasteiger partial charge in [0.15, 0.2) is 11.0 Å². The molecule has 1 fully saturated rings. The number of aliphatic carboxylic acids is 1. The van der Waals surface area contributed by atoms with E-state index >= 15 is 0 Å². The van der Waals surface area contributed by atoms with Crippen molar-refractivity contribution in [2.75, 3.05) is 5.75 Å². The normalized spacial score (nSPS) is 14.4. The molecule has 1 heterocycles. The molecule has 1 N–H and O–H groups in total. The number of benzene rings is 1. The van der Waals surface area contributed by atoms with Crippen molar-refractivity contribution in [1.82, 2.24) is 14.8 Å². The molecule has 2 aromatic rings. The van der Waals surface area contributed by atoms with Crippen LogP contribution in [0.15, 0.2) is 23.4 Å². The van der Waals surface area contributed by atoms with Crippen LogP contribution < -0.4 is 0 Å². The summed E-state index contributed by atoms with van der Waals surface area (Å²) in [6.07, 6.45) is 2.22. The van der Waals surface area contributed by atoms with Gasteiger partial charge in [-0.05, 0) is 43.9 Å². The van der Waals surface area contributed by atoms with Gasteiger partial charge < -0.3 is 5.11 Å². The zero-order chi connectivity index (χ0) is 15.0. The van der Waals surface area contributed by atoms with Crippen LogP contribution in [0.3, 0.4) is 0 Å². The molecule has 0 atom stereocenters. The summed E-state index contributed by atoms with van der Waals surface area (Å²) in [7, 11) is 0. The van der Waals surface area contributed by atoms with Crippen LogP contribution in [0.5, 0.6) is 0 Å². The van der Waals surface area contributed by atoms with E-state index in [4.69, 9.17) is 5.11 Å². The monoisotopic (exact) mass is 303 g/mol. The van der Waals surface area contributed by atoms with E-state index in [9.17, 15) is 4.79 Å². The standard InChI is InChI=1S/C15H17N3O2S/c1-9-3-4-11(7-10(9)2)14-16-17-15(21-8-13(19)20)18(14)12-5-6-12/h3-4,7,12H,5-6,8H2,1-2H3,(H,19,20). The van der Waals surface area contributed by atoms with Gasteiger partial charge >= 0.3 is 5.97 Å². The molecule has 1 saturated carbocycles. The van der Waals surface area contributed by atoms with E-state index < -0.39 is 5.97 Å². The first-order chi connectivity index (χ1) is 10.1. The second-order valence-corrected chi connectivity index (χ2v) is 6.33. The summed E-state index contributed by atoms with van der Waals surface area (Å²) in [5, 5.41) is 18.0. The van der Waals surface area contributed by atoms with Gasteiger partial charge in [-0.3, -0.25) is 9.36 Å². The smallest absolute Gasteiger partial charge is 0.313 e. The molecule has 0 spiro atoms. The summed E-state index contributed by atoms with van der Waals surface area (Å²) in [6, 6.07) is 6.66. The Balaban J connectivity index is 1.98. The van der Waals surface area contributed by atoms with Crippen LogP contribution in [0.2, 0.25) is 0 Å².